The van der Waals surface area contributed by atoms with Crippen molar-refractivity contribution in [1.29, 1.82) is 0 Å². The van der Waals surface area contributed by atoms with Crippen LogP contribution in [0.1, 0.15) is 32.8 Å². The van der Waals surface area contributed by atoms with E-state index >= 15 is 0 Å². The zero-order valence-corrected chi connectivity index (χ0v) is 13.2. The fraction of sp³-hybridized carbons (Fsp3) is 0.471. The molecule has 1 amide bonds. The Hall–Kier alpha value is -1.81. The number of allylic oxidation sites excluding steroid dienone is 1. The minimum atomic E-state index is -0.342. The van der Waals surface area contributed by atoms with Gasteiger partial charge in [-0.25, -0.2) is 0 Å². The molecule has 1 aromatic carbocycles. The van der Waals surface area contributed by atoms with Gasteiger partial charge in [0.25, 0.3) is 0 Å². The molecule has 116 valence electrons. The minimum Gasteiger partial charge on any atom is -0.497 e. The lowest BCUT2D eigenvalue weighted by molar-refractivity contribution is -0.116. The van der Waals surface area contributed by atoms with Crippen LogP contribution in [-0.2, 0) is 4.79 Å². The van der Waals surface area contributed by atoms with Gasteiger partial charge in [-0.2, -0.15) is 0 Å². The van der Waals surface area contributed by atoms with E-state index < -0.39 is 0 Å². The van der Waals surface area contributed by atoms with Gasteiger partial charge < -0.3 is 15.2 Å². The molecule has 2 unspecified atom stereocenters. The Kier molecular flexibility index (Phi) is 6.96. The van der Waals surface area contributed by atoms with Crippen LogP contribution in [0.15, 0.2) is 30.3 Å². The maximum absolute atomic E-state index is 11.9. The highest BCUT2D eigenvalue weighted by Gasteiger charge is 2.08. The highest BCUT2D eigenvalue weighted by molar-refractivity contribution is 5.94. The van der Waals surface area contributed by atoms with Crippen LogP contribution in [0.3, 0.4) is 0 Å². The molecule has 4 heteroatoms. The highest BCUT2D eigenvalue weighted by Crippen LogP contribution is 2.19. The Morgan fingerprint density at radius 2 is 2.14 bits per heavy atom. The van der Waals surface area contributed by atoms with Crippen molar-refractivity contribution in [2.24, 2.45) is 5.92 Å². The number of carbonyl (C=O) groups is 1. The quantitative estimate of drug-likeness (QED) is 0.759. The van der Waals surface area contributed by atoms with Crippen molar-refractivity contribution >= 4 is 11.5 Å². The number of hydrogen-bond donors (Lipinski definition) is 2. The molecule has 1 aromatic rings. The second-order valence-corrected chi connectivity index (χ2v) is 5.49. The Bertz CT molecular complexity index is 495. The molecule has 0 saturated heterocycles. The number of benzene rings is 1. The number of rotatable bonds is 7. The van der Waals surface area contributed by atoms with Crippen molar-refractivity contribution in [2.45, 2.75) is 33.3 Å². The van der Waals surface area contributed by atoms with Gasteiger partial charge in [-0.1, -0.05) is 19.1 Å². The summed E-state index contributed by atoms with van der Waals surface area (Å²) >= 11 is 0. The number of nitrogens with one attached hydrogen (secondary N) is 1. The number of aliphatic hydroxyl groups excluding tert-OH is 1. The molecule has 0 spiro atoms. The van der Waals surface area contributed by atoms with Crippen molar-refractivity contribution < 1.29 is 14.6 Å². The van der Waals surface area contributed by atoms with Gasteiger partial charge in [0.05, 0.1) is 13.2 Å². The topological polar surface area (TPSA) is 58.6 Å². The summed E-state index contributed by atoms with van der Waals surface area (Å²) in [4.78, 5) is 11.9. The second kappa shape index (κ2) is 8.47. The van der Waals surface area contributed by atoms with E-state index in [1.807, 2.05) is 38.1 Å². The molecule has 0 aliphatic carbocycles. The van der Waals surface area contributed by atoms with Crippen molar-refractivity contribution in [1.82, 2.24) is 5.32 Å². The number of carbonyl (C=O) groups excluding carboxylic acids is 1. The smallest absolute Gasteiger partial charge is 0.244 e. The first-order valence-corrected chi connectivity index (χ1v) is 7.21. The molecule has 1 rings (SSSR count). The van der Waals surface area contributed by atoms with Gasteiger partial charge in [-0.15, -0.1) is 0 Å². The number of aliphatic hydroxyl groups is 1. The molecule has 0 saturated carbocycles. The molecular weight excluding hydrogens is 266 g/mol. The van der Waals surface area contributed by atoms with Crippen molar-refractivity contribution in [3.8, 4) is 5.75 Å². The summed E-state index contributed by atoms with van der Waals surface area (Å²) in [6, 6.07) is 7.61. The monoisotopic (exact) mass is 291 g/mol. The first-order chi connectivity index (χ1) is 9.92. The van der Waals surface area contributed by atoms with Gasteiger partial charge in [0.15, 0.2) is 0 Å². The Labute approximate surface area is 126 Å². The third-order valence-electron chi connectivity index (χ3n) is 3.24. The van der Waals surface area contributed by atoms with E-state index in [9.17, 15) is 9.90 Å². The molecule has 0 radical (unpaired) electrons. The Morgan fingerprint density at radius 1 is 1.43 bits per heavy atom. The van der Waals surface area contributed by atoms with Crippen LogP contribution in [0, 0.1) is 5.92 Å². The average Bonchev–Trinajstić information content (AvgIpc) is 2.44. The predicted octanol–water partition coefficient (Wildman–Crippen LogP) is 2.62. The number of ether oxygens (including phenoxy) is 1. The Balaban J connectivity index is 2.58. The predicted molar refractivity (Wildman–Crippen MR) is 85.1 cm³/mol. The van der Waals surface area contributed by atoms with E-state index in [0.717, 1.165) is 16.9 Å². The number of hydrogen-bond acceptors (Lipinski definition) is 3. The third kappa shape index (κ3) is 6.45. The van der Waals surface area contributed by atoms with Crippen molar-refractivity contribution in [2.75, 3.05) is 13.7 Å². The molecule has 4 nitrogen and oxygen atoms in total. The summed E-state index contributed by atoms with van der Waals surface area (Å²) in [5, 5.41) is 12.2. The van der Waals surface area contributed by atoms with Crippen LogP contribution < -0.4 is 10.1 Å². The summed E-state index contributed by atoms with van der Waals surface area (Å²) < 4.78 is 5.17. The summed E-state index contributed by atoms with van der Waals surface area (Å²) in [6.07, 6.45) is 1.92. The lowest BCUT2D eigenvalue weighted by atomic mass is 10.0. The number of methoxy groups -OCH3 is 1. The van der Waals surface area contributed by atoms with Crippen LogP contribution in [0.4, 0.5) is 0 Å². The normalized spacial score (nSPS) is 14.4. The molecule has 0 fully saturated rings. The van der Waals surface area contributed by atoms with Gasteiger partial charge in [-0.05, 0) is 49.5 Å². The van der Waals surface area contributed by atoms with Crippen LogP contribution in [0.5, 0.6) is 5.75 Å². The third-order valence-corrected chi connectivity index (χ3v) is 3.24. The van der Waals surface area contributed by atoms with Crippen LogP contribution in [-0.4, -0.2) is 30.8 Å². The molecule has 0 heterocycles. The van der Waals surface area contributed by atoms with Crippen LogP contribution in [0.25, 0.3) is 5.57 Å². The van der Waals surface area contributed by atoms with E-state index in [1.54, 1.807) is 20.1 Å². The molecule has 0 aliphatic rings. The van der Waals surface area contributed by atoms with Crippen LogP contribution in [0.2, 0.25) is 0 Å². The summed E-state index contributed by atoms with van der Waals surface area (Å²) in [6.45, 7) is 6.22. The maximum atomic E-state index is 11.9. The second-order valence-electron chi connectivity index (χ2n) is 5.49. The first-order valence-electron chi connectivity index (χ1n) is 7.21. The van der Waals surface area contributed by atoms with Gasteiger partial charge in [0.2, 0.25) is 5.91 Å². The highest BCUT2D eigenvalue weighted by atomic mass is 16.5. The summed E-state index contributed by atoms with van der Waals surface area (Å²) in [7, 11) is 1.62. The lowest BCUT2D eigenvalue weighted by Gasteiger charge is -2.13. The van der Waals surface area contributed by atoms with E-state index in [-0.39, 0.29) is 17.9 Å². The van der Waals surface area contributed by atoms with Crippen molar-refractivity contribution in [3.63, 3.8) is 0 Å². The van der Waals surface area contributed by atoms with E-state index in [1.165, 1.54) is 0 Å². The molecular formula is C17H25NO3. The van der Waals surface area contributed by atoms with Gasteiger partial charge in [0.1, 0.15) is 5.75 Å². The van der Waals surface area contributed by atoms with Gasteiger partial charge in [-0.3, -0.25) is 4.79 Å². The van der Waals surface area contributed by atoms with E-state index in [2.05, 4.69) is 5.32 Å². The lowest BCUT2D eigenvalue weighted by Crippen LogP contribution is -2.28. The van der Waals surface area contributed by atoms with Crippen molar-refractivity contribution in [3.05, 3.63) is 35.9 Å². The maximum Gasteiger partial charge on any atom is 0.244 e. The van der Waals surface area contributed by atoms with Gasteiger partial charge >= 0.3 is 0 Å². The molecule has 0 aromatic heterocycles. The average molecular weight is 291 g/mol. The number of amides is 1. The fourth-order valence-electron chi connectivity index (χ4n) is 2.14. The Morgan fingerprint density at radius 3 is 2.76 bits per heavy atom. The fourth-order valence-corrected chi connectivity index (χ4v) is 2.14. The molecule has 2 N–H and O–H groups in total. The molecule has 21 heavy (non-hydrogen) atoms. The molecule has 0 aliphatic heterocycles. The minimum absolute atomic E-state index is 0.118. The standard InChI is InChI=1S/C17H25NO3/c1-12(8-14(3)19)11-18-17(20)9-13(2)15-6-5-7-16(10-15)21-4/h5-7,9-10,12,14,19H,8,11H2,1-4H3,(H,18,20). The zero-order chi connectivity index (χ0) is 15.8. The van der Waals surface area contributed by atoms with E-state index in [0.29, 0.717) is 13.0 Å². The largest absolute Gasteiger partial charge is 0.497 e. The summed E-state index contributed by atoms with van der Waals surface area (Å²) in [5.74, 6) is 0.901. The SMILES string of the molecule is COc1cccc(C(C)=CC(=O)NCC(C)CC(C)O)c1. The van der Waals surface area contributed by atoms with Gasteiger partial charge in [0, 0.05) is 12.6 Å². The zero-order valence-electron chi connectivity index (χ0n) is 13.2. The molecule has 0 bridgehead atoms. The molecule has 2 atom stereocenters. The summed E-state index contributed by atoms with van der Waals surface area (Å²) in [5.41, 5.74) is 1.84. The van der Waals surface area contributed by atoms with E-state index in [4.69, 9.17) is 4.74 Å². The van der Waals surface area contributed by atoms with Crippen LogP contribution >= 0.6 is 0 Å². The first kappa shape index (κ1) is 17.2.